The van der Waals surface area contributed by atoms with Gasteiger partial charge in [-0.25, -0.2) is 0 Å². The van der Waals surface area contributed by atoms with Crippen molar-refractivity contribution in [1.29, 1.82) is 0 Å². The van der Waals surface area contributed by atoms with E-state index in [1.165, 1.54) is 24.8 Å². The monoisotopic (exact) mass is 291 g/mol. The van der Waals surface area contributed by atoms with Gasteiger partial charge in [0.2, 0.25) is 5.91 Å². The molecule has 0 saturated heterocycles. The number of amides is 1. The first kappa shape index (κ1) is 18.0. The van der Waals surface area contributed by atoms with E-state index in [1.807, 2.05) is 18.7 Å². The van der Waals surface area contributed by atoms with E-state index in [9.17, 15) is 4.79 Å². The van der Waals surface area contributed by atoms with Crippen molar-refractivity contribution in [3.63, 3.8) is 0 Å². The van der Waals surface area contributed by atoms with Gasteiger partial charge in [-0.3, -0.25) is 4.79 Å². The van der Waals surface area contributed by atoms with Crippen LogP contribution in [0.1, 0.15) is 67.7 Å². The zero-order chi connectivity index (χ0) is 16.2. The van der Waals surface area contributed by atoms with Gasteiger partial charge in [0.1, 0.15) is 0 Å². The van der Waals surface area contributed by atoms with Crippen molar-refractivity contribution in [3.8, 4) is 0 Å². The van der Waals surface area contributed by atoms with Crippen LogP contribution in [0.4, 0.5) is 0 Å². The number of nitrogens with zero attached hydrogens (tertiary/aromatic N) is 1. The molecular weight excluding hydrogens is 258 g/mol. The molecule has 1 fully saturated rings. The van der Waals surface area contributed by atoms with Crippen LogP contribution in [0.2, 0.25) is 0 Å². The van der Waals surface area contributed by atoms with Crippen molar-refractivity contribution in [1.82, 2.24) is 4.90 Å². The Bertz CT molecular complexity index is 425. The third kappa shape index (κ3) is 5.68. The molecular formula is C19H33NO. The highest BCUT2D eigenvalue weighted by Gasteiger charge is 2.49. The van der Waals surface area contributed by atoms with Gasteiger partial charge in [-0.1, -0.05) is 24.1 Å². The summed E-state index contributed by atoms with van der Waals surface area (Å²) in [6.45, 7) is 15.8. The van der Waals surface area contributed by atoms with Crippen LogP contribution in [0.15, 0.2) is 23.3 Å². The van der Waals surface area contributed by atoms with Crippen molar-refractivity contribution in [2.45, 2.75) is 73.8 Å². The van der Waals surface area contributed by atoms with Crippen molar-refractivity contribution in [2.75, 3.05) is 6.54 Å². The molecule has 0 bridgehead atoms. The molecule has 0 heterocycles. The van der Waals surface area contributed by atoms with E-state index in [0.717, 1.165) is 12.1 Å². The summed E-state index contributed by atoms with van der Waals surface area (Å²) >= 11 is 0. The van der Waals surface area contributed by atoms with Gasteiger partial charge < -0.3 is 4.90 Å². The number of allylic oxidation sites excluding steroid dienone is 3. The van der Waals surface area contributed by atoms with E-state index < -0.39 is 0 Å². The summed E-state index contributed by atoms with van der Waals surface area (Å²) in [4.78, 5) is 14.3. The molecule has 1 saturated carbocycles. The quantitative estimate of drug-likeness (QED) is 0.479. The first-order valence-corrected chi connectivity index (χ1v) is 8.24. The molecule has 2 heteroatoms. The van der Waals surface area contributed by atoms with Gasteiger partial charge >= 0.3 is 0 Å². The predicted molar refractivity (Wildman–Crippen MR) is 91.2 cm³/mol. The van der Waals surface area contributed by atoms with E-state index in [-0.39, 0.29) is 11.9 Å². The molecule has 2 nitrogen and oxygen atoms in total. The Balaban J connectivity index is 2.57. The van der Waals surface area contributed by atoms with Gasteiger partial charge in [0.05, 0.1) is 0 Å². The molecule has 1 rings (SSSR count). The third-order valence-corrected chi connectivity index (χ3v) is 4.54. The van der Waals surface area contributed by atoms with Crippen LogP contribution in [0.25, 0.3) is 0 Å². The Kier molecular flexibility index (Phi) is 6.24. The second-order valence-electron chi connectivity index (χ2n) is 7.68. The third-order valence-electron chi connectivity index (χ3n) is 4.54. The molecule has 0 aliphatic heterocycles. The standard InChI is InChI=1S/C19H33NO/c1-14(2)9-8-10-19(7)12-17(19)13-20(16(5)6)18(21)11-15(3)4/h9,11,16-17H,8,10,12-13H2,1-7H3. The summed E-state index contributed by atoms with van der Waals surface area (Å²) in [5.74, 6) is 0.837. The van der Waals surface area contributed by atoms with Crippen LogP contribution in [0.5, 0.6) is 0 Å². The maximum atomic E-state index is 12.3. The number of hydrogen-bond acceptors (Lipinski definition) is 1. The number of hydrogen-bond donors (Lipinski definition) is 0. The molecule has 120 valence electrons. The fraction of sp³-hybridized carbons (Fsp3) is 0.737. The van der Waals surface area contributed by atoms with Crippen LogP contribution in [0, 0.1) is 11.3 Å². The zero-order valence-electron chi connectivity index (χ0n) is 15.0. The summed E-state index contributed by atoms with van der Waals surface area (Å²) in [7, 11) is 0. The molecule has 21 heavy (non-hydrogen) atoms. The van der Waals surface area contributed by atoms with Gasteiger partial charge in [-0.05, 0) is 72.1 Å². The van der Waals surface area contributed by atoms with Crippen LogP contribution in [-0.2, 0) is 4.79 Å². The highest BCUT2D eigenvalue weighted by atomic mass is 16.2. The minimum Gasteiger partial charge on any atom is -0.336 e. The van der Waals surface area contributed by atoms with Crippen molar-refractivity contribution >= 4 is 5.91 Å². The minimum absolute atomic E-state index is 0.170. The van der Waals surface area contributed by atoms with E-state index in [4.69, 9.17) is 0 Å². The van der Waals surface area contributed by atoms with Crippen molar-refractivity contribution in [2.24, 2.45) is 11.3 Å². The first-order chi connectivity index (χ1) is 9.65. The Labute approximate surface area is 131 Å². The summed E-state index contributed by atoms with van der Waals surface area (Å²) in [6, 6.07) is 0.274. The maximum Gasteiger partial charge on any atom is 0.246 e. The highest BCUT2D eigenvalue weighted by molar-refractivity contribution is 5.88. The summed E-state index contributed by atoms with van der Waals surface area (Å²) in [5, 5.41) is 0. The first-order valence-electron chi connectivity index (χ1n) is 8.24. The Morgan fingerprint density at radius 3 is 2.33 bits per heavy atom. The molecule has 2 atom stereocenters. The molecule has 0 radical (unpaired) electrons. The lowest BCUT2D eigenvalue weighted by Crippen LogP contribution is -2.38. The van der Waals surface area contributed by atoms with Crippen LogP contribution >= 0.6 is 0 Å². The van der Waals surface area contributed by atoms with Gasteiger partial charge in [-0.2, -0.15) is 0 Å². The summed E-state index contributed by atoms with van der Waals surface area (Å²) in [5.41, 5.74) is 2.91. The van der Waals surface area contributed by atoms with E-state index in [1.54, 1.807) is 6.08 Å². The predicted octanol–water partition coefficient (Wildman–Crippen LogP) is 4.96. The summed E-state index contributed by atoms with van der Waals surface area (Å²) in [6.07, 6.45) is 7.76. The van der Waals surface area contributed by atoms with Gasteiger partial charge in [-0.15, -0.1) is 0 Å². The zero-order valence-corrected chi connectivity index (χ0v) is 15.0. The Morgan fingerprint density at radius 1 is 1.24 bits per heavy atom. The van der Waals surface area contributed by atoms with Crippen LogP contribution in [0.3, 0.4) is 0 Å². The lowest BCUT2D eigenvalue weighted by atomic mass is 9.98. The van der Waals surface area contributed by atoms with Crippen LogP contribution in [-0.4, -0.2) is 23.4 Å². The molecule has 0 spiro atoms. The van der Waals surface area contributed by atoms with Gasteiger partial charge in [0.25, 0.3) is 0 Å². The number of carbonyl (C=O) groups excluding carboxylic acids is 1. The van der Waals surface area contributed by atoms with Gasteiger partial charge in [0, 0.05) is 18.7 Å². The largest absolute Gasteiger partial charge is 0.336 e. The topological polar surface area (TPSA) is 20.3 Å². The van der Waals surface area contributed by atoms with E-state index >= 15 is 0 Å². The molecule has 0 aromatic heterocycles. The SMILES string of the molecule is CC(C)=CCCC1(C)CC1CN(C(=O)C=C(C)C)C(C)C. The minimum atomic E-state index is 0.170. The molecule has 1 amide bonds. The lowest BCUT2D eigenvalue weighted by molar-refractivity contribution is -0.128. The maximum absolute atomic E-state index is 12.3. The fourth-order valence-corrected chi connectivity index (χ4v) is 2.91. The molecule has 1 aliphatic carbocycles. The van der Waals surface area contributed by atoms with Gasteiger partial charge in [0.15, 0.2) is 0 Å². The second kappa shape index (κ2) is 7.29. The van der Waals surface area contributed by atoms with E-state index in [0.29, 0.717) is 11.3 Å². The normalized spacial score (nSPS) is 23.7. The highest BCUT2D eigenvalue weighted by Crippen LogP contribution is 2.56. The molecule has 2 unspecified atom stereocenters. The average molecular weight is 291 g/mol. The average Bonchev–Trinajstić information content (AvgIpc) is 2.94. The Hall–Kier alpha value is -1.05. The number of carbonyl (C=O) groups is 1. The van der Waals surface area contributed by atoms with Crippen molar-refractivity contribution in [3.05, 3.63) is 23.3 Å². The summed E-state index contributed by atoms with van der Waals surface area (Å²) < 4.78 is 0. The van der Waals surface area contributed by atoms with Crippen LogP contribution < -0.4 is 0 Å². The van der Waals surface area contributed by atoms with Crippen molar-refractivity contribution < 1.29 is 4.79 Å². The lowest BCUT2D eigenvalue weighted by Gasteiger charge is -2.27. The Morgan fingerprint density at radius 2 is 1.86 bits per heavy atom. The fourth-order valence-electron chi connectivity index (χ4n) is 2.91. The smallest absolute Gasteiger partial charge is 0.246 e. The van der Waals surface area contributed by atoms with E-state index in [2.05, 4.69) is 40.7 Å². The number of rotatable bonds is 7. The molecule has 1 aliphatic rings. The second-order valence-corrected chi connectivity index (χ2v) is 7.68. The molecule has 0 N–H and O–H groups in total. The molecule has 0 aromatic carbocycles. The molecule has 0 aromatic rings.